The smallest absolute Gasteiger partial charge is 0.441 e. The molecule has 0 saturated heterocycles. The van der Waals surface area contributed by atoms with E-state index in [2.05, 4.69) is 26.0 Å². The number of aryl methyl sites for hydroxylation is 1. The summed E-state index contributed by atoms with van der Waals surface area (Å²) in [4.78, 5) is 15.9. The lowest BCUT2D eigenvalue weighted by atomic mass is 10.1. The van der Waals surface area contributed by atoms with Crippen molar-refractivity contribution in [2.75, 3.05) is 0 Å². The van der Waals surface area contributed by atoms with Gasteiger partial charge in [0, 0.05) is 10.0 Å². The molecule has 6 nitrogen and oxygen atoms in total. The molecule has 2 aliphatic heterocycles. The Morgan fingerprint density at radius 1 is 1.28 bits per heavy atom. The van der Waals surface area contributed by atoms with E-state index < -0.39 is 23.0 Å². The number of nitrogens with zero attached hydrogens (tertiary/aromatic N) is 3. The van der Waals surface area contributed by atoms with Crippen LogP contribution in [0.1, 0.15) is 11.3 Å². The summed E-state index contributed by atoms with van der Waals surface area (Å²) in [6, 6.07) is 9.00. The quantitative estimate of drug-likeness (QED) is 0.596. The number of amidine groups is 2. The van der Waals surface area contributed by atoms with Gasteiger partial charge in [-0.1, -0.05) is 22.0 Å². The number of alkyl halides is 3. The molecule has 0 bridgehead atoms. The van der Waals surface area contributed by atoms with Crippen molar-refractivity contribution in [1.82, 2.24) is 5.01 Å². The van der Waals surface area contributed by atoms with Gasteiger partial charge in [-0.3, -0.25) is 10.2 Å². The molecule has 0 aliphatic carbocycles. The highest BCUT2D eigenvalue weighted by Crippen LogP contribution is 2.36. The first-order valence-electron chi connectivity index (χ1n) is 8.07. The Bertz CT molecular complexity index is 1150. The number of carbonyl (C=O) groups excluding carboxylic acids is 1. The molecule has 0 atom stereocenters. The van der Waals surface area contributed by atoms with Crippen molar-refractivity contribution in [3.63, 3.8) is 0 Å². The first-order chi connectivity index (χ1) is 13.6. The summed E-state index contributed by atoms with van der Waals surface area (Å²) in [6.07, 6.45) is -3.42. The normalized spacial score (nSPS) is 18.2. The van der Waals surface area contributed by atoms with E-state index in [-0.39, 0.29) is 28.3 Å². The number of halogens is 4. The largest absolute Gasteiger partial charge is 0.457 e. The number of nitrogens with one attached hydrogen (secondary N) is 1. The molecule has 2 aromatic rings. The molecular formula is C18H10BrF3N4O2S. The van der Waals surface area contributed by atoms with Gasteiger partial charge in [-0.25, -0.2) is 0 Å². The summed E-state index contributed by atoms with van der Waals surface area (Å²) in [6.45, 7) is 1.95. The summed E-state index contributed by atoms with van der Waals surface area (Å²) in [7, 11) is 0. The third-order valence-corrected chi connectivity index (χ3v) is 5.61. The molecule has 0 fully saturated rings. The van der Waals surface area contributed by atoms with Gasteiger partial charge in [0.15, 0.2) is 5.84 Å². The van der Waals surface area contributed by atoms with E-state index in [1.54, 1.807) is 12.1 Å². The highest BCUT2D eigenvalue weighted by molar-refractivity contribution is 9.10. The molecule has 1 amide bonds. The van der Waals surface area contributed by atoms with Gasteiger partial charge in [-0.15, -0.1) is 0 Å². The van der Waals surface area contributed by atoms with Crippen LogP contribution in [0.2, 0.25) is 0 Å². The van der Waals surface area contributed by atoms with Crippen LogP contribution in [0.5, 0.6) is 0 Å². The van der Waals surface area contributed by atoms with Crippen molar-refractivity contribution in [3.05, 3.63) is 51.7 Å². The van der Waals surface area contributed by atoms with Crippen LogP contribution >= 0.6 is 27.7 Å². The number of rotatable bonds is 2. The van der Waals surface area contributed by atoms with Gasteiger partial charge in [0.25, 0.3) is 5.91 Å². The second-order valence-corrected chi connectivity index (χ2v) is 7.92. The number of thioether (sulfide) groups is 1. The van der Waals surface area contributed by atoms with Gasteiger partial charge in [-0.05, 0) is 54.6 Å². The van der Waals surface area contributed by atoms with Crippen LogP contribution in [-0.4, -0.2) is 33.1 Å². The third kappa shape index (κ3) is 3.67. The van der Waals surface area contributed by atoms with E-state index in [0.29, 0.717) is 10.8 Å². The summed E-state index contributed by atoms with van der Waals surface area (Å²) < 4.78 is 45.2. The average Bonchev–Trinajstić information content (AvgIpc) is 3.25. The lowest BCUT2D eigenvalue weighted by Crippen LogP contribution is -2.35. The molecule has 0 saturated carbocycles. The van der Waals surface area contributed by atoms with E-state index in [1.807, 2.05) is 25.1 Å². The monoisotopic (exact) mass is 482 g/mol. The van der Waals surface area contributed by atoms with Crippen molar-refractivity contribution in [2.45, 2.75) is 13.1 Å². The molecule has 3 heterocycles. The zero-order valence-corrected chi connectivity index (χ0v) is 16.9. The number of aliphatic imine (C=N–C) groups is 1. The van der Waals surface area contributed by atoms with Crippen LogP contribution in [0.25, 0.3) is 17.4 Å². The summed E-state index contributed by atoms with van der Waals surface area (Å²) in [5.74, 6) is -0.550. The molecular weight excluding hydrogens is 473 g/mol. The molecule has 1 N–H and O–H groups in total. The predicted octanol–water partition coefficient (Wildman–Crippen LogP) is 5.20. The number of amides is 1. The Hall–Kier alpha value is -2.66. The Morgan fingerprint density at radius 2 is 2.03 bits per heavy atom. The second kappa shape index (κ2) is 6.99. The van der Waals surface area contributed by atoms with E-state index >= 15 is 0 Å². The predicted molar refractivity (Wildman–Crippen MR) is 108 cm³/mol. The number of fused-ring (bicyclic) bond motifs is 1. The minimum absolute atomic E-state index is 0.205. The fourth-order valence-electron chi connectivity index (χ4n) is 2.64. The second-order valence-electron chi connectivity index (χ2n) is 6.11. The molecule has 1 aromatic carbocycles. The van der Waals surface area contributed by atoms with Gasteiger partial charge in [-0.2, -0.15) is 28.3 Å². The van der Waals surface area contributed by atoms with Gasteiger partial charge in [0.1, 0.15) is 11.5 Å². The summed E-state index contributed by atoms with van der Waals surface area (Å²) >= 11 is 3.67. The molecule has 0 unspecified atom stereocenters. The number of benzene rings is 1. The van der Waals surface area contributed by atoms with Crippen molar-refractivity contribution >= 4 is 55.7 Å². The van der Waals surface area contributed by atoms with Crippen molar-refractivity contribution in [3.8, 4) is 11.3 Å². The Morgan fingerprint density at radius 3 is 2.72 bits per heavy atom. The van der Waals surface area contributed by atoms with Crippen LogP contribution in [0.3, 0.4) is 0 Å². The van der Waals surface area contributed by atoms with Crippen LogP contribution in [0, 0.1) is 12.3 Å². The zero-order chi connectivity index (χ0) is 20.9. The van der Waals surface area contributed by atoms with E-state index in [4.69, 9.17) is 9.83 Å². The number of hydrogen-bond donors (Lipinski definition) is 1. The van der Waals surface area contributed by atoms with Gasteiger partial charge in [0.2, 0.25) is 10.2 Å². The number of hydrogen-bond acceptors (Lipinski definition) is 5. The standard InChI is InChI=1S/C18H10BrF3N4O2S/c1-8-2-4-10(12(19)6-8)13-5-3-9(28-13)7-11-14(23)26-17(24-15(11)27)29-16(25-26)18(20,21)22/h2-7,23H,1H3. The summed E-state index contributed by atoms with van der Waals surface area (Å²) in [5.41, 5.74) is 1.64. The molecule has 1 aromatic heterocycles. The third-order valence-electron chi connectivity index (χ3n) is 4.00. The van der Waals surface area contributed by atoms with Crippen molar-refractivity contribution in [2.24, 2.45) is 10.1 Å². The fourth-order valence-corrected chi connectivity index (χ4v) is 4.09. The Balaban J connectivity index is 1.66. The van der Waals surface area contributed by atoms with Crippen LogP contribution in [-0.2, 0) is 4.79 Å². The van der Waals surface area contributed by atoms with Crippen LogP contribution < -0.4 is 0 Å². The minimum atomic E-state index is -4.69. The highest BCUT2D eigenvalue weighted by atomic mass is 79.9. The zero-order valence-electron chi connectivity index (χ0n) is 14.5. The topological polar surface area (TPSA) is 82.0 Å². The number of hydrazone groups is 1. The highest BCUT2D eigenvalue weighted by Gasteiger charge is 2.46. The maximum Gasteiger partial charge on any atom is 0.441 e. The van der Waals surface area contributed by atoms with Crippen molar-refractivity contribution < 1.29 is 22.4 Å². The van der Waals surface area contributed by atoms with E-state index in [1.165, 1.54) is 6.08 Å². The number of furan rings is 1. The molecule has 29 heavy (non-hydrogen) atoms. The van der Waals surface area contributed by atoms with Gasteiger partial charge in [0.05, 0.1) is 5.57 Å². The first-order valence-corrected chi connectivity index (χ1v) is 9.68. The lowest BCUT2D eigenvalue weighted by molar-refractivity contribution is -0.114. The Labute approximate surface area is 174 Å². The van der Waals surface area contributed by atoms with Gasteiger partial charge >= 0.3 is 6.18 Å². The van der Waals surface area contributed by atoms with E-state index in [9.17, 15) is 18.0 Å². The fraction of sp³-hybridized carbons (Fsp3) is 0.111. The SMILES string of the molecule is Cc1ccc(-c2ccc(C=C3C(=N)N4N=C(C(F)(F)F)SC4=NC3=O)o2)c(Br)c1. The molecule has 11 heteroatoms. The Kier molecular flexibility index (Phi) is 4.74. The van der Waals surface area contributed by atoms with E-state index in [0.717, 1.165) is 15.6 Å². The van der Waals surface area contributed by atoms with Crippen LogP contribution in [0.4, 0.5) is 13.2 Å². The van der Waals surface area contributed by atoms with Crippen molar-refractivity contribution in [1.29, 1.82) is 5.41 Å². The minimum Gasteiger partial charge on any atom is -0.457 e. The molecule has 0 spiro atoms. The summed E-state index contributed by atoms with van der Waals surface area (Å²) in [5, 5.41) is 10.7. The average molecular weight is 483 g/mol. The molecule has 148 valence electrons. The van der Waals surface area contributed by atoms with Crippen LogP contribution in [0.15, 0.2) is 54.9 Å². The van der Waals surface area contributed by atoms with Gasteiger partial charge < -0.3 is 4.42 Å². The number of carbonyl (C=O) groups is 1. The molecule has 0 radical (unpaired) electrons. The molecule has 4 rings (SSSR count). The first kappa shape index (κ1) is 19.6. The lowest BCUT2D eigenvalue weighted by Gasteiger charge is -2.19. The molecule has 2 aliphatic rings. The maximum atomic E-state index is 12.9. The maximum absolute atomic E-state index is 12.9.